The molecular formula is C12H24N2S2. The van der Waals surface area contributed by atoms with Gasteiger partial charge in [0.05, 0.1) is 0 Å². The molecule has 94 valence electrons. The third-order valence-corrected chi connectivity index (χ3v) is 7.59. The van der Waals surface area contributed by atoms with Gasteiger partial charge in [-0.2, -0.15) is 23.5 Å². The smallest absolute Gasteiger partial charge is 0.0365 e. The summed E-state index contributed by atoms with van der Waals surface area (Å²) in [6.45, 7) is 4.70. The van der Waals surface area contributed by atoms with Crippen molar-refractivity contribution in [3.63, 3.8) is 0 Å². The molecule has 1 saturated heterocycles. The summed E-state index contributed by atoms with van der Waals surface area (Å²) >= 11 is 4.27. The molecule has 1 aliphatic heterocycles. The van der Waals surface area contributed by atoms with Crippen LogP contribution in [0, 0.1) is 5.92 Å². The van der Waals surface area contributed by atoms with Gasteiger partial charge in [0.1, 0.15) is 0 Å². The first-order valence-corrected chi connectivity index (χ1v) is 8.44. The monoisotopic (exact) mass is 260 g/mol. The van der Waals surface area contributed by atoms with E-state index in [0.717, 1.165) is 16.4 Å². The molecule has 2 nitrogen and oxygen atoms in total. The van der Waals surface area contributed by atoms with Crippen LogP contribution in [0.25, 0.3) is 0 Å². The van der Waals surface area contributed by atoms with Gasteiger partial charge in [-0.15, -0.1) is 0 Å². The van der Waals surface area contributed by atoms with Gasteiger partial charge in [-0.3, -0.25) is 11.3 Å². The third kappa shape index (κ3) is 2.89. The van der Waals surface area contributed by atoms with Gasteiger partial charge in [0.15, 0.2) is 0 Å². The van der Waals surface area contributed by atoms with Crippen molar-refractivity contribution in [3.05, 3.63) is 0 Å². The quantitative estimate of drug-likeness (QED) is 0.604. The van der Waals surface area contributed by atoms with Crippen molar-refractivity contribution < 1.29 is 0 Å². The Labute approximate surface area is 108 Å². The summed E-state index contributed by atoms with van der Waals surface area (Å²) in [5, 5.41) is 2.27. The maximum atomic E-state index is 5.79. The normalized spacial score (nSPS) is 38.8. The van der Waals surface area contributed by atoms with Crippen LogP contribution in [0.2, 0.25) is 0 Å². The summed E-state index contributed by atoms with van der Waals surface area (Å²) in [6, 6.07) is 0.537. The van der Waals surface area contributed by atoms with Crippen molar-refractivity contribution in [3.8, 4) is 0 Å². The fraction of sp³-hybridized carbons (Fsp3) is 1.00. The number of nitrogens with one attached hydrogen (secondary N) is 1. The van der Waals surface area contributed by atoms with Gasteiger partial charge in [-0.25, -0.2) is 0 Å². The Morgan fingerprint density at radius 1 is 1.19 bits per heavy atom. The molecule has 0 amide bonds. The van der Waals surface area contributed by atoms with Gasteiger partial charge < -0.3 is 0 Å². The van der Waals surface area contributed by atoms with Gasteiger partial charge in [0.2, 0.25) is 0 Å². The molecule has 4 heteroatoms. The lowest BCUT2D eigenvalue weighted by Crippen LogP contribution is -2.50. The van der Waals surface area contributed by atoms with Crippen LogP contribution < -0.4 is 11.3 Å². The van der Waals surface area contributed by atoms with E-state index in [9.17, 15) is 0 Å². The van der Waals surface area contributed by atoms with Crippen LogP contribution in [0.4, 0.5) is 0 Å². The van der Waals surface area contributed by atoms with E-state index in [2.05, 4.69) is 42.8 Å². The molecule has 1 saturated carbocycles. The predicted molar refractivity (Wildman–Crippen MR) is 75.8 cm³/mol. The second kappa shape index (κ2) is 5.98. The van der Waals surface area contributed by atoms with Crippen molar-refractivity contribution in [1.82, 2.24) is 5.43 Å². The Kier molecular flexibility index (Phi) is 4.89. The highest BCUT2D eigenvalue weighted by Gasteiger charge is 2.35. The minimum absolute atomic E-state index is 0.537. The van der Waals surface area contributed by atoms with Gasteiger partial charge in [-0.1, -0.05) is 26.7 Å². The van der Waals surface area contributed by atoms with E-state index in [0.29, 0.717) is 11.3 Å². The van der Waals surface area contributed by atoms with E-state index in [1.54, 1.807) is 0 Å². The highest BCUT2D eigenvalue weighted by molar-refractivity contribution is 8.07. The van der Waals surface area contributed by atoms with Crippen molar-refractivity contribution >= 4 is 23.5 Å². The molecule has 1 heterocycles. The van der Waals surface area contributed by atoms with Gasteiger partial charge >= 0.3 is 0 Å². The first-order chi connectivity index (χ1) is 7.72. The predicted octanol–water partition coefficient (Wildman–Crippen LogP) is 2.63. The molecule has 2 fully saturated rings. The van der Waals surface area contributed by atoms with Crippen molar-refractivity contribution in [1.29, 1.82) is 0 Å². The number of nitrogens with two attached hydrogens (primary N) is 1. The topological polar surface area (TPSA) is 38.0 Å². The second-order valence-corrected chi connectivity index (χ2v) is 8.19. The number of rotatable bonds is 3. The first-order valence-electron chi connectivity index (χ1n) is 6.45. The lowest BCUT2D eigenvalue weighted by molar-refractivity contribution is 0.362. The number of hydrogen-bond acceptors (Lipinski definition) is 4. The first kappa shape index (κ1) is 13.1. The largest absolute Gasteiger partial charge is 0.271 e. The lowest BCUT2D eigenvalue weighted by atomic mass is 9.96. The fourth-order valence-electron chi connectivity index (χ4n) is 2.86. The van der Waals surface area contributed by atoms with Crippen LogP contribution >= 0.6 is 23.5 Å². The molecule has 0 aromatic carbocycles. The molecule has 4 unspecified atom stereocenters. The standard InChI is InChI=1S/C12H24N2S2/c1-8-9(2)16-11(7-15-8)12(14-13)10-5-3-4-6-10/h8-12,14H,3-7,13H2,1-2H3. The molecule has 0 bridgehead atoms. The van der Waals surface area contributed by atoms with Crippen LogP contribution in [0.3, 0.4) is 0 Å². The Morgan fingerprint density at radius 3 is 2.44 bits per heavy atom. The maximum absolute atomic E-state index is 5.79. The number of thioether (sulfide) groups is 2. The van der Waals surface area contributed by atoms with E-state index in [1.165, 1.54) is 31.4 Å². The minimum Gasteiger partial charge on any atom is -0.271 e. The zero-order chi connectivity index (χ0) is 11.5. The molecular weight excluding hydrogens is 236 g/mol. The molecule has 2 rings (SSSR count). The summed E-state index contributed by atoms with van der Waals surface area (Å²) in [5.41, 5.74) is 3.11. The minimum atomic E-state index is 0.537. The molecule has 3 N–H and O–H groups in total. The summed E-state index contributed by atoms with van der Waals surface area (Å²) < 4.78 is 0. The molecule has 4 atom stereocenters. The number of hydrogen-bond donors (Lipinski definition) is 2. The Hall–Kier alpha value is 0.620. The molecule has 0 aromatic heterocycles. The summed E-state index contributed by atoms with van der Waals surface area (Å²) in [7, 11) is 0. The average molecular weight is 260 g/mol. The Balaban J connectivity index is 1.93. The van der Waals surface area contributed by atoms with Gasteiger partial charge in [-0.05, 0) is 18.8 Å². The van der Waals surface area contributed by atoms with E-state index in [-0.39, 0.29) is 0 Å². The molecule has 0 radical (unpaired) electrons. The van der Waals surface area contributed by atoms with Gasteiger partial charge in [0, 0.05) is 27.5 Å². The Bertz CT molecular complexity index is 219. The Morgan fingerprint density at radius 2 is 1.88 bits per heavy atom. The molecule has 2 aliphatic rings. The van der Waals surface area contributed by atoms with Crippen LogP contribution in [-0.2, 0) is 0 Å². The molecule has 16 heavy (non-hydrogen) atoms. The van der Waals surface area contributed by atoms with Crippen molar-refractivity contribution in [2.24, 2.45) is 11.8 Å². The average Bonchev–Trinajstić information content (AvgIpc) is 2.78. The SMILES string of the molecule is CC1SCC(C(NN)C2CCCC2)SC1C. The zero-order valence-electron chi connectivity index (χ0n) is 10.3. The van der Waals surface area contributed by atoms with E-state index in [1.807, 2.05) is 0 Å². The summed E-state index contributed by atoms with van der Waals surface area (Å²) in [4.78, 5) is 0. The van der Waals surface area contributed by atoms with Crippen LogP contribution in [0.1, 0.15) is 39.5 Å². The van der Waals surface area contributed by atoms with Crippen molar-refractivity contribution in [2.75, 3.05) is 5.75 Å². The molecule has 1 aliphatic carbocycles. The summed E-state index contributed by atoms with van der Waals surface area (Å²) in [6.07, 6.45) is 5.56. The van der Waals surface area contributed by atoms with Crippen LogP contribution in [0.5, 0.6) is 0 Å². The molecule has 0 spiro atoms. The second-order valence-electron chi connectivity index (χ2n) is 5.16. The maximum Gasteiger partial charge on any atom is 0.0365 e. The highest BCUT2D eigenvalue weighted by Crippen LogP contribution is 2.40. The van der Waals surface area contributed by atoms with Crippen LogP contribution in [-0.4, -0.2) is 27.5 Å². The molecule has 0 aromatic rings. The summed E-state index contributed by atoms with van der Waals surface area (Å²) in [5.74, 6) is 7.88. The highest BCUT2D eigenvalue weighted by atomic mass is 32.2. The lowest BCUT2D eigenvalue weighted by Gasteiger charge is -2.38. The van der Waals surface area contributed by atoms with Crippen molar-refractivity contribution in [2.45, 2.75) is 61.3 Å². The number of hydrazine groups is 1. The fourth-order valence-corrected chi connectivity index (χ4v) is 6.05. The zero-order valence-corrected chi connectivity index (χ0v) is 11.9. The van der Waals surface area contributed by atoms with Gasteiger partial charge in [0.25, 0.3) is 0 Å². The van der Waals surface area contributed by atoms with Crippen LogP contribution in [0.15, 0.2) is 0 Å². The van der Waals surface area contributed by atoms with E-state index < -0.39 is 0 Å². The van der Waals surface area contributed by atoms with E-state index >= 15 is 0 Å². The van der Waals surface area contributed by atoms with E-state index in [4.69, 9.17) is 5.84 Å². The third-order valence-electron chi connectivity index (χ3n) is 4.07.